The first kappa shape index (κ1) is 13.5. The van der Waals surface area contributed by atoms with Crippen LogP contribution in [0.2, 0.25) is 0 Å². The van der Waals surface area contributed by atoms with Gasteiger partial charge in [-0.2, -0.15) is 0 Å². The van der Waals surface area contributed by atoms with Gasteiger partial charge in [0.1, 0.15) is 5.82 Å². The Kier molecular flexibility index (Phi) is 3.81. The lowest BCUT2D eigenvalue weighted by atomic mass is 10.2. The summed E-state index contributed by atoms with van der Waals surface area (Å²) >= 11 is 0. The van der Waals surface area contributed by atoms with Gasteiger partial charge >= 0.3 is 0 Å². The standard InChI is InChI=1S/C16H18N4O/c1-12-14(19-16(21)13-5-4-8-17-11-13)6-7-15(18-12)20-9-2-3-10-20/h4-8,11H,2-3,9-10H2,1H3,(H,19,21). The van der Waals surface area contributed by atoms with E-state index in [-0.39, 0.29) is 5.91 Å². The van der Waals surface area contributed by atoms with Gasteiger partial charge in [0, 0.05) is 25.5 Å². The SMILES string of the molecule is Cc1nc(N2CCCC2)ccc1NC(=O)c1cccnc1. The van der Waals surface area contributed by atoms with Gasteiger partial charge in [0.2, 0.25) is 0 Å². The van der Waals surface area contributed by atoms with Crippen LogP contribution < -0.4 is 10.2 Å². The Hall–Kier alpha value is -2.43. The first-order chi connectivity index (χ1) is 10.2. The molecule has 2 aromatic heterocycles. The summed E-state index contributed by atoms with van der Waals surface area (Å²) in [6.07, 6.45) is 5.64. The van der Waals surface area contributed by atoms with Gasteiger partial charge in [-0.15, -0.1) is 0 Å². The minimum Gasteiger partial charge on any atom is -0.357 e. The molecule has 1 aliphatic heterocycles. The number of aromatic nitrogens is 2. The predicted octanol–water partition coefficient (Wildman–Crippen LogP) is 2.64. The fraction of sp³-hybridized carbons (Fsp3) is 0.312. The van der Waals surface area contributed by atoms with E-state index in [4.69, 9.17) is 0 Å². The predicted molar refractivity (Wildman–Crippen MR) is 82.6 cm³/mol. The van der Waals surface area contributed by atoms with Crippen molar-refractivity contribution < 1.29 is 4.79 Å². The Labute approximate surface area is 124 Å². The van der Waals surface area contributed by atoms with Crippen molar-refractivity contribution in [1.29, 1.82) is 0 Å². The summed E-state index contributed by atoms with van der Waals surface area (Å²) in [5, 5.41) is 2.88. The maximum atomic E-state index is 12.1. The molecule has 0 aliphatic carbocycles. The smallest absolute Gasteiger partial charge is 0.257 e. The average molecular weight is 282 g/mol. The zero-order chi connectivity index (χ0) is 14.7. The monoisotopic (exact) mass is 282 g/mol. The second-order valence-electron chi connectivity index (χ2n) is 5.19. The van der Waals surface area contributed by atoms with Gasteiger partial charge in [0.05, 0.1) is 16.9 Å². The van der Waals surface area contributed by atoms with E-state index in [0.29, 0.717) is 5.56 Å². The molecule has 1 amide bonds. The number of anilines is 2. The van der Waals surface area contributed by atoms with Gasteiger partial charge in [-0.25, -0.2) is 4.98 Å². The minimum absolute atomic E-state index is 0.165. The highest BCUT2D eigenvalue weighted by Crippen LogP contribution is 2.22. The number of carbonyl (C=O) groups excluding carboxylic acids is 1. The van der Waals surface area contributed by atoms with Crippen molar-refractivity contribution in [1.82, 2.24) is 9.97 Å². The third-order valence-electron chi connectivity index (χ3n) is 3.67. The molecule has 0 spiro atoms. The van der Waals surface area contributed by atoms with Crippen molar-refractivity contribution in [3.63, 3.8) is 0 Å². The molecule has 1 N–H and O–H groups in total. The van der Waals surface area contributed by atoms with Crippen LogP contribution in [0.4, 0.5) is 11.5 Å². The zero-order valence-corrected chi connectivity index (χ0v) is 12.0. The van der Waals surface area contributed by atoms with E-state index in [9.17, 15) is 4.79 Å². The number of carbonyl (C=O) groups is 1. The Morgan fingerprint density at radius 3 is 2.71 bits per heavy atom. The quantitative estimate of drug-likeness (QED) is 0.940. The van der Waals surface area contributed by atoms with Gasteiger partial charge in [-0.3, -0.25) is 9.78 Å². The molecule has 5 heteroatoms. The summed E-state index contributed by atoms with van der Waals surface area (Å²) in [5.41, 5.74) is 2.11. The summed E-state index contributed by atoms with van der Waals surface area (Å²) in [5.74, 6) is 0.825. The minimum atomic E-state index is -0.165. The molecule has 0 saturated carbocycles. The molecule has 1 saturated heterocycles. The summed E-state index contributed by atoms with van der Waals surface area (Å²) in [4.78, 5) is 22.9. The molecule has 1 aliphatic rings. The van der Waals surface area contributed by atoms with E-state index < -0.39 is 0 Å². The molecule has 21 heavy (non-hydrogen) atoms. The molecular formula is C16H18N4O. The third kappa shape index (κ3) is 3.02. The third-order valence-corrected chi connectivity index (χ3v) is 3.67. The summed E-state index contributed by atoms with van der Waals surface area (Å²) in [6, 6.07) is 7.38. The van der Waals surface area contributed by atoms with Gasteiger partial charge in [0.25, 0.3) is 5.91 Å². The first-order valence-corrected chi connectivity index (χ1v) is 7.18. The summed E-state index contributed by atoms with van der Waals surface area (Å²) < 4.78 is 0. The lowest BCUT2D eigenvalue weighted by Crippen LogP contribution is -2.20. The van der Waals surface area contributed by atoms with Crippen molar-refractivity contribution in [2.45, 2.75) is 19.8 Å². The summed E-state index contributed by atoms with van der Waals surface area (Å²) in [7, 11) is 0. The topological polar surface area (TPSA) is 58.1 Å². The van der Waals surface area contributed by atoms with Crippen LogP contribution in [0.5, 0.6) is 0 Å². The van der Waals surface area contributed by atoms with Gasteiger partial charge in [-0.05, 0) is 44.0 Å². The van der Waals surface area contributed by atoms with Crippen molar-refractivity contribution in [2.24, 2.45) is 0 Å². The number of aryl methyl sites for hydroxylation is 1. The normalized spacial score (nSPS) is 14.2. The lowest BCUT2D eigenvalue weighted by molar-refractivity contribution is 0.102. The van der Waals surface area contributed by atoms with Crippen LogP contribution in [0.25, 0.3) is 0 Å². The highest BCUT2D eigenvalue weighted by Gasteiger charge is 2.15. The molecule has 3 rings (SSSR count). The molecule has 0 atom stereocenters. The van der Waals surface area contributed by atoms with Crippen molar-refractivity contribution >= 4 is 17.4 Å². The van der Waals surface area contributed by atoms with E-state index in [1.165, 1.54) is 12.8 Å². The zero-order valence-electron chi connectivity index (χ0n) is 12.0. The maximum absolute atomic E-state index is 12.1. The van der Waals surface area contributed by atoms with E-state index in [0.717, 1.165) is 30.3 Å². The number of nitrogens with zero attached hydrogens (tertiary/aromatic N) is 3. The molecule has 108 valence electrons. The van der Waals surface area contributed by atoms with Crippen molar-refractivity contribution in [3.8, 4) is 0 Å². The number of hydrogen-bond donors (Lipinski definition) is 1. The number of nitrogens with one attached hydrogen (secondary N) is 1. The molecule has 0 bridgehead atoms. The second kappa shape index (κ2) is 5.91. The number of rotatable bonds is 3. The molecule has 0 aromatic carbocycles. The molecule has 1 fully saturated rings. The molecule has 0 radical (unpaired) electrons. The van der Waals surface area contributed by atoms with Crippen LogP contribution in [-0.4, -0.2) is 29.0 Å². The first-order valence-electron chi connectivity index (χ1n) is 7.18. The maximum Gasteiger partial charge on any atom is 0.257 e. The van der Waals surface area contributed by atoms with Gasteiger partial charge < -0.3 is 10.2 Å². The highest BCUT2D eigenvalue weighted by atomic mass is 16.1. The molecule has 5 nitrogen and oxygen atoms in total. The van der Waals surface area contributed by atoms with Crippen LogP contribution in [-0.2, 0) is 0 Å². The Bertz CT molecular complexity index is 636. The number of hydrogen-bond acceptors (Lipinski definition) is 4. The Morgan fingerprint density at radius 1 is 1.24 bits per heavy atom. The van der Waals surface area contributed by atoms with Crippen LogP contribution >= 0.6 is 0 Å². The van der Waals surface area contributed by atoms with E-state index in [1.807, 2.05) is 19.1 Å². The second-order valence-corrected chi connectivity index (χ2v) is 5.19. The largest absolute Gasteiger partial charge is 0.357 e. The number of pyridine rings is 2. The molecular weight excluding hydrogens is 264 g/mol. The van der Waals surface area contributed by atoms with Crippen LogP contribution in [0.15, 0.2) is 36.7 Å². The highest BCUT2D eigenvalue weighted by molar-refractivity contribution is 6.04. The van der Waals surface area contributed by atoms with Gasteiger partial charge in [0.15, 0.2) is 0 Å². The number of amides is 1. The molecule has 0 unspecified atom stereocenters. The van der Waals surface area contributed by atoms with E-state index in [1.54, 1.807) is 24.5 Å². The van der Waals surface area contributed by atoms with E-state index in [2.05, 4.69) is 20.2 Å². The summed E-state index contributed by atoms with van der Waals surface area (Å²) in [6.45, 7) is 4.04. The fourth-order valence-corrected chi connectivity index (χ4v) is 2.49. The van der Waals surface area contributed by atoms with Crippen molar-refractivity contribution in [2.75, 3.05) is 23.3 Å². The molecule has 2 aromatic rings. The van der Waals surface area contributed by atoms with Crippen LogP contribution in [0, 0.1) is 6.92 Å². The van der Waals surface area contributed by atoms with Crippen LogP contribution in [0.3, 0.4) is 0 Å². The Morgan fingerprint density at radius 2 is 2.05 bits per heavy atom. The fourth-order valence-electron chi connectivity index (χ4n) is 2.49. The van der Waals surface area contributed by atoms with Crippen molar-refractivity contribution in [3.05, 3.63) is 47.9 Å². The average Bonchev–Trinajstić information content (AvgIpc) is 3.04. The lowest BCUT2D eigenvalue weighted by Gasteiger charge is -2.18. The Balaban J connectivity index is 1.75. The van der Waals surface area contributed by atoms with Crippen LogP contribution in [0.1, 0.15) is 28.9 Å². The molecule has 3 heterocycles. The van der Waals surface area contributed by atoms with Gasteiger partial charge in [-0.1, -0.05) is 0 Å². The van der Waals surface area contributed by atoms with E-state index >= 15 is 0 Å².